The Morgan fingerprint density at radius 3 is 2.33 bits per heavy atom. The maximum absolute atomic E-state index is 12.3. The van der Waals surface area contributed by atoms with Crippen LogP contribution in [0.3, 0.4) is 0 Å². The average Bonchev–Trinajstić information content (AvgIpc) is 3.03. The Morgan fingerprint density at radius 2 is 1.89 bits per heavy atom. The molecular formula is C13H17NO3S. The van der Waals surface area contributed by atoms with Crippen LogP contribution in [0.4, 0.5) is 0 Å². The van der Waals surface area contributed by atoms with Gasteiger partial charge in [0.15, 0.2) is 6.04 Å². The first kappa shape index (κ1) is 13.4. The minimum Gasteiger partial charge on any atom is -0.597 e. The largest absolute Gasteiger partial charge is 0.597 e. The topological polar surface area (TPSA) is 63.4 Å². The van der Waals surface area contributed by atoms with Crippen molar-refractivity contribution in [1.82, 2.24) is 4.31 Å². The van der Waals surface area contributed by atoms with Crippen LogP contribution in [0.2, 0.25) is 0 Å². The first-order valence-corrected chi connectivity index (χ1v) is 6.93. The summed E-state index contributed by atoms with van der Waals surface area (Å²) in [6, 6.07) is 8.42. The van der Waals surface area contributed by atoms with Crippen LogP contribution in [0.15, 0.2) is 30.3 Å². The summed E-state index contributed by atoms with van der Waals surface area (Å²) in [4.78, 5) is 11.2. The van der Waals surface area contributed by atoms with Gasteiger partial charge in [-0.25, -0.2) is 0 Å². The predicted molar refractivity (Wildman–Crippen MR) is 70.3 cm³/mol. The molecular weight excluding hydrogens is 250 g/mol. The van der Waals surface area contributed by atoms with Gasteiger partial charge in [0, 0.05) is 11.4 Å². The zero-order valence-corrected chi connectivity index (χ0v) is 11.5. The lowest BCUT2D eigenvalue weighted by atomic mass is 10.1. The van der Waals surface area contributed by atoms with Crippen LogP contribution in [0.5, 0.6) is 0 Å². The molecule has 1 aliphatic rings. The molecule has 0 bridgehead atoms. The quantitative estimate of drug-likeness (QED) is 0.671. The third kappa shape index (κ3) is 2.39. The second-order valence-electron chi connectivity index (χ2n) is 5.36. The number of hydrogen-bond acceptors (Lipinski definition) is 3. The van der Waals surface area contributed by atoms with E-state index in [1.54, 1.807) is 4.31 Å². The van der Waals surface area contributed by atoms with E-state index in [-0.39, 0.29) is 6.04 Å². The van der Waals surface area contributed by atoms with Gasteiger partial charge in [0.1, 0.15) is 10.8 Å². The van der Waals surface area contributed by atoms with Crippen LogP contribution in [0, 0.1) is 0 Å². The lowest BCUT2D eigenvalue weighted by Crippen LogP contribution is -2.35. The molecule has 0 spiro atoms. The molecule has 1 saturated heterocycles. The Balaban J connectivity index is 2.24. The SMILES string of the molecule is CC(C)(C)[S@@+]([O-])N1C(c2ccccc2)[C@@H]1C(=O)O. The van der Waals surface area contributed by atoms with E-state index in [1.807, 2.05) is 51.1 Å². The fourth-order valence-corrected chi connectivity index (χ4v) is 3.39. The lowest BCUT2D eigenvalue weighted by molar-refractivity contribution is -0.137. The molecule has 1 fully saturated rings. The molecule has 1 aliphatic heterocycles. The van der Waals surface area contributed by atoms with Gasteiger partial charge in [-0.05, 0) is 26.3 Å². The molecule has 18 heavy (non-hydrogen) atoms. The number of carboxylic acid groups (broad SMARTS) is 1. The number of hydrogen-bond donors (Lipinski definition) is 1. The van der Waals surface area contributed by atoms with Crippen molar-refractivity contribution >= 4 is 17.3 Å². The van der Waals surface area contributed by atoms with Gasteiger partial charge in [-0.15, -0.1) is 4.31 Å². The molecule has 1 heterocycles. The zero-order valence-electron chi connectivity index (χ0n) is 10.7. The molecule has 1 N–H and O–H groups in total. The summed E-state index contributed by atoms with van der Waals surface area (Å²) in [6.45, 7) is 5.55. The van der Waals surface area contributed by atoms with Crippen molar-refractivity contribution in [2.45, 2.75) is 37.6 Å². The highest BCUT2D eigenvalue weighted by atomic mass is 32.2. The summed E-state index contributed by atoms with van der Waals surface area (Å²) >= 11 is -1.31. The van der Waals surface area contributed by atoms with Crippen molar-refractivity contribution in [3.05, 3.63) is 35.9 Å². The molecule has 4 nitrogen and oxygen atoms in total. The Morgan fingerprint density at radius 1 is 1.33 bits per heavy atom. The van der Waals surface area contributed by atoms with E-state index in [0.29, 0.717) is 0 Å². The van der Waals surface area contributed by atoms with E-state index in [4.69, 9.17) is 0 Å². The summed E-state index contributed by atoms with van der Waals surface area (Å²) in [5.74, 6) is -0.915. The third-order valence-electron chi connectivity index (χ3n) is 2.87. The van der Waals surface area contributed by atoms with E-state index in [1.165, 1.54) is 0 Å². The maximum atomic E-state index is 12.3. The van der Waals surface area contributed by atoms with E-state index < -0.39 is 28.1 Å². The average molecular weight is 267 g/mol. The summed E-state index contributed by atoms with van der Waals surface area (Å²) in [7, 11) is 0. The fraction of sp³-hybridized carbons (Fsp3) is 0.462. The number of carbonyl (C=O) groups is 1. The first-order chi connectivity index (χ1) is 8.34. The van der Waals surface area contributed by atoms with Gasteiger partial charge < -0.3 is 9.66 Å². The van der Waals surface area contributed by atoms with Crippen molar-refractivity contribution in [2.24, 2.45) is 0 Å². The van der Waals surface area contributed by atoms with Crippen LogP contribution in [-0.4, -0.2) is 30.7 Å². The van der Waals surface area contributed by atoms with Crippen molar-refractivity contribution in [3.63, 3.8) is 0 Å². The Hall–Kier alpha value is -1.04. The highest BCUT2D eigenvalue weighted by molar-refractivity contribution is 7.90. The Kier molecular flexibility index (Phi) is 3.40. The number of nitrogens with zero attached hydrogens (tertiary/aromatic N) is 1. The van der Waals surface area contributed by atoms with Gasteiger partial charge in [-0.2, -0.15) is 0 Å². The molecule has 1 aromatic rings. The van der Waals surface area contributed by atoms with Crippen molar-refractivity contribution in [1.29, 1.82) is 0 Å². The monoisotopic (exact) mass is 267 g/mol. The number of rotatable bonds is 3. The predicted octanol–water partition coefficient (Wildman–Crippen LogP) is 1.96. The van der Waals surface area contributed by atoms with Gasteiger partial charge >= 0.3 is 5.97 Å². The second kappa shape index (κ2) is 4.57. The van der Waals surface area contributed by atoms with Gasteiger partial charge in [0.05, 0.1) is 0 Å². The molecule has 0 amide bonds. The molecule has 0 radical (unpaired) electrons. The molecule has 4 atom stereocenters. The minimum absolute atomic E-state index is 0.274. The normalized spacial score (nSPS) is 28.8. The standard InChI is InChI=1S/C13H17NO3S/c1-13(2,3)18(17)14-10(11(14)12(15)16)9-7-5-4-6-8-9/h4-8,10-11H,1-3H3,(H,15,16)/t10?,11-,14?,18-/m1/s1. The van der Waals surface area contributed by atoms with Gasteiger partial charge in [0.2, 0.25) is 0 Å². The first-order valence-electron chi connectivity index (χ1n) is 5.82. The summed E-state index contributed by atoms with van der Waals surface area (Å²) in [5.41, 5.74) is 0.905. The molecule has 0 aromatic heterocycles. The van der Waals surface area contributed by atoms with E-state index in [2.05, 4.69) is 0 Å². The number of benzene rings is 1. The Bertz CT molecular complexity index is 443. The van der Waals surface area contributed by atoms with Crippen molar-refractivity contribution in [2.75, 3.05) is 0 Å². The number of carboxylic acids is 1. The smallest absolute Gasteiger partial charge is 0.327 e. The highest BCUT2D eigenvalue weighted by Gasteiger charge is 2.63. The minimum atomic E-state index is -1.31. The highest BCUT2D eigenvalue weighted by Crippen LogP contribution is 2.48. The van der Waals surface area contributed by atoms with Crippen LogP contribution < -0.4 is 0 Å². The molecule has 1 aromatic carbocycles. The number of aliphatic carboxylic acids is 1. The molecule has 98 valence electrons. The molecule has 0 saturated carbocycles. The van der Waals surface area contributed by atoms with Crippen LogP contribution >= 0.6 is 0 Å². The van der Waals surface area contributed by atoms with Gasteiger partial charge in [-0.1, -0.05) is 30.3 Å². The Labute approximate surface area is 110 Å². The van der Waals surface area contributed by atoms with Gasteiger partial charge in [0.25, 0.3) is 0 Å². The van der Waals surface area contributed by atoms with Crippen molar-refractivity contribution < 1.29 is 14.5 Å². The van der Waals surface area contributed by atoms with Crippen LogP contribution in [0.1, 0.15) is 32.4 Å². The maximum Gasteiger partial charge on any atom is 0.327 e. The van der Waals surface area contributed by atoms with Crippen LogP contribution in [0.25, 0.3) is 0 Å². The van der Waals surface area contributed by atoms with Crippen molar-refractivity contribution in [3.8, 4) is 0 Å². The van der Waals surface area contributed by atoms with Gasteiger partial charge in [-0.3, -0.25) is 4.79 Å². The molecule has 5 heteroatoms. The molecule has 2 unspecified atom stereocenters. The fourth-order valence-electron chi connectivity index (χ4n) is 1.96. The van der Waals surface area contributed by atoms with E-state index >= 15 is 0 Å². The third-order valence-corrected chi connectivity index (χ3v) is 4.75. The van der Waals surface area contributed by atoms with Crippen LogP contribution in [-0.2, 0) is 16.2 Å². The lowest BCUT2D eigenvalue weighted by Gasteiger charge is -2.24. The van der Waals surface area contributed by atoms with E-state index in [0.717, 1.165) is 5.56 Å². The summed E-state index contributed by atoms with van der Waals surface area (Å²) in [6.07, 6.45) is 0. The summed E-state index contributed by atoms with van der Waals surface area (Å²) in [5, 5.41) is 9.19. The molecule has 0 aliphatic carbocycles. The second-order valence-corrected chi connectivity index (χ2v) is 7.50. The summed E-state index contributed by atoms with van der Waals surface area (Å²) < 4.78 is 13.4. The van der Waals surface area contributed by atoms with E-state index in [9.17, 15) is 14.5 Å². The molecule has 2 rings (SSSR count). The zero-order chi connectivity index (χ0) is 13.5.